The van der Waals surface area contributed by atoms with Crippen molar-refractivity contribution in [2.24, 2.45) is 0 Å². The van der Waals surface area contributed by atoms with Crippen LogP contribution >= 0.6 is 0 Å². The van der Waals surface area contributed by atoms with E-state index >= 15 is 0 Å². The fourth-order valence-corrected chi connectivity index (χ4v) is 2.69. The highest BCUT2D eigenvalue weighted by Gasteiger charge is 2.22. The van der Waals surface area contributed by atoms with E-state index in [4.69, 9.17) is 5.11 Å². The zero-order valence-electron chi connectivity index (χ0n) is 11.8. The van der Waals surface area contributed by atoms with Gasteiger partial charge in [-0.05, 0) is 40.0 Å². The van der Waals surface area contributed by atoms with E-state index in [9.17, 15) is 4.79 Å². The number of carbonyl (C=O) groups is 1. The van der Waals surface area contributed by atoms with Gasteiger partial charge in [0.2, 0.25) is 5.95 Å². The molecule has 0 amide bonds. The van der Waals surface area contributed by atoms with Crippen LogP contribution in [0.3, 0.4) is 0 Å². The summed E-state index contributed by atoms with van der Waals surface area (Å²) in [4.78, 5) is 22.3. The van der Waals surface area contributed by atoms with Crippen molar-refractivity contribution in [3.8, 4) is 0 Å². The first-order valence-corrected chi connectivity index (χ1v) is 6.83. The number of carboxylic acids is 1. The van der Waals surface area contributed by atoms with Gasteiger partial charge in [0.05, 0.1) is 5.92 Å². The number of nitrogens with zero attached hydrogens (tertiary/aromatic N) is 3. The van der Waals surface area contributed by atoms with Gasteiger partial charge in [0, 0.05) is 30.0 Å². The molecule has 1 aliphatic heterocycles. The number of hydrogen-bond acceptors (Lipinski definition) is 4. The van der Waals surface area contributed by atoms with Gasteiger partial charge in [-0.25, -0.2) is 9.97 Å². The molecular weight excluding hydrogens is 242 g/mol. The fourth-order valence-electron chi connectivity index (χ4n) is 2.69. The second kappa shape index (κ2) is 5.55. The van der Waals surface area contributed by atoms with Crippen LogP contribution in [0.4, 0.5) is 5.95 Å². The van der Waals surface area contributed by atoms with E-state index < -0.39 is 11.9 Å². The monoisotopic (exact) mass is 263 g/mol. The standard InChI is InChI=1S/C14H21N3O2/c1-9(13(18)19)12-10(2)15-14(16-11(12)3)17-7-5-4-6-8-17/h9H,4-8H2,1-3H3,(H,18,19). The molecule has 0 radical (unpaired) electrons. The molecular formula is C14H21N3O2. The lowest BCUT2D eigenvalue weighted by atomic mass is 9.98. The van der Waals surface area contributed by atoms with Crippen molar-refractivity contribution in [3.63, 3.8) is 0 Å². The summed E-state index contributed by atoms with van der Waals surface area (Å²) in [7, 11) is 0. The molecule has 1 atom stereocenters. The van der Waals surface area contributed by atoms with E-state index in [1.165, 1.54) is 19.3 Å². The van der Waals surface area contributed by atoms with Gasteiger partial charge in [0.25, 0.3) is 0 Å². The van der Waals surface area contributed by atoms with Crippen LogP contribution < -0.4 is 4.90 Å². The lowest BCUT2D eigenvalue weighted by molar-refractivity contribution is -0.138. The Bertz CT molecular complexity index is 459. The highest BCUT2D eigenvalue weighted by molar-refractivity contribution is 5.76. The number of carboxylic acid groups (broad SMARTS) is 1. The average Bonchev–Trinajstić information content (AvgIpc) is 2.38. The molecule has 1 saturated heterocycles. The SMILES string of the molecule is Cc1nc(N2CCCCC2)nc(C)c1C(C)C(=O)O. The number of anilines is 1. The number of rotatable bonds is 3. The average molecular weight is 263 g/mol. The van der Waals surface area contributed by atoms with Crippen molar-refractivity contribution in [2.45, 2.75) is 46.0 Å². The molecule has 19 heavy (non-hydrogen) atoms. The van der Waals surface area contributed by atoms with E-state index in [1.54, 1.807) is 6.92 Å². The highest BCUT2D eigenvalue weighted by atomic mass is 16.4. The van der Waals surface area contributed by atoms with E-state index in [1.807, 2.05) is 13.8 Å². The van der Waals surface area contributed by atoms with Crippen LogP contribution in [-0.2, 0) is 4.79 Å². The first-order valence-electron chi connectivity index (χ1n) is 6.83. The molecule has 2 heterocycles. The van der Waals surface area contributed by atoms with Crippen LogP contribution in [0.25, 0.3) is 0 Å². The van der Waals surface area contributed by atoms with Crippen LogP contribution in [0.2, 0.25) is 0 Å². The number of aliphatic carboxylic acids is 1. The smallest absolute Gasteiger partial charge is 0.310 e. The molecule has 0 aliphatic carbocycles. The molecule has 2 rings (SSSR count). The first-order chi connectivity index (χ1) is 9.00. The minimum atomic E-state index is -0.833. The van der Waals surface area contributed by atoms with Gasteiger partial charge in [-0.1, -0.05) is 0 Å². The van der Waals surface area contributed by atoms with Crippen molar-refractivity contribution in [1.29, 1.82) is 0 Å². The molecule has 5 heteroatoms. The second-order valence-electron chi connectivity index (χ2n) is 5.22. The van der Waals surface area contributed by atoms with Gasteiger partial charge in [-0.3, -0.25) is 4.79 Å². The Labute approximate surface area is 113 Å². The predicted molar refractivity (Wildman–Crippen MR) is 73.6 cm³/mol. The lowest BCUT2D eigenvalue weighted by Crippen LogP contribution is -2.31. The van der Waals surface area contributed by atoms with Crippen LogP contribution in [-0.4, -0.2) is 34.1 Å². The topological polar surface area (TPSA) is 66.3 Å². The van der Waals surface area contributed by atoms with Crippen LogP contribution in [0.1, 0.15) is 49.1 Å². The number of aryl methyl sites for hydroxylation is 2. The summed E-state index contributed by atoms with van der Waals surface area (Å²) in [6, 6.07) is 0. The molecule has 1 aromatic rings. The summed E-state index contributed by atoms with van der Waals surface area (Å²) in [6.07, 6.45) is 3.62. The summed E-state index contributed by atoms with van der Waals surface area (Å²) in [5.74, 6) is -0.646. The molecule has 1 aromatic heterocycles. The Hall–Kier alpha value is -1.65. The Morgan fingerprint density at radius 3 is 2.16 bits per heavy atom. The van der Waals surface area contributed by atoms with Gasteiger partial charge < -0.3 is 10.0 Å². The van der Waals surface area contributed by atoms with Crippen molar-refractivity contribution in [2.75, 3.05) is 18.0 Å². The Morgan fingerprint density at radius 1 is 1.16 bits per heavy atom. The molecule has 0 bridgehead atoms. The quantitative estimate of drug-likeness (QED) is 0.906. The minimum absolute atomic E-state index is 0.560. The fraction of sp³-hybridized carbons (Fsp3) is 0.643. The predicted octanol–water partition coefficient (Wildman–Crippen LogP) is 2.27. The molecule has 5 nitrogen and oxygen atoms in total. The normalized spacial score (nSPS) is 17.3. The van der Waals surface area contributed by atoms with Gasteiger partial charge in [0.15, 0.2) is 0 Å². The zero-order chi connectivity index (χ0) is 14.0. The third kappa shape index (κ3) is 2.85. The van der Waals surface area contributed by atoms with Gasteiger partial charge >= 0.3 is 5.97 Å². The minimum Gasteiger partial charge on any atom is -0.481 e. The highest BCUT2D eigenvalue weighted by Crippen LogP contribution is 2.25. The number of aromatic nitrogens is 2. The summed E-state index contributed by atoms with van der Waals surface area (Å²) >= 11 is 0. The van der Waals surface area contributed by atoms with E-state index in [0.717, 1.165) is 36.0 Å². The Morgan fingerprint density at radius 2 is 1.68 bits per heavy atom. The van der Waals surface area contributed by atoms with Crippen molar-refractivity contribution < 1.29 is 9.90 Å². The first kappa shape index (κ1) is 13.8. The third-order valence-electron chi connectivity index (χ3n) is 3.76. The zero-order valence-corrected chi connectivity index (χ0v) is 11.8. The molecule has 0 saturated carbocycles. The largest absolute Gasteiger partial charge is 0.481 e. The van der Waals surface area contributed by atoms with Crippen LogP contribution in [0.15, 0.2) is 0 Å². The van der Waals surface area contributed by atoms with Crippen LogP contribution in [0.5, 0.6) is 0 Å². The van der Waals surface area contributed by atoms with Crippen molar-refractivity contribution >= 4 is 11.9 Å². The third-order valence-corrected chi connectivity index (χ3v) is 3.76. The van der Waals surface area contributed by atoms with Gasteiger partial charge in [-0.15, -0.1) is 0 Å². The molecule has 1 unspecified atom stereocenters. The molecule has 1 N–H and O–H groups in total. The maximum Gasteiger partial charge on any atom is 0.310 e. The molecule has 1 fully saturated rings. The summed E-state index contributed by atoms with van der Waals surface area (Å²) in [5.41, 5.74) is 2.30. The molecule has 1 aliphatic rings. The lowest BCUT2D eigenvalue weighted by Gasteiger charge is -2.27. The Balaban J connectivity index is 2.33. The van der Waals surface area contributed by atoms with Crippen molar-refractivity contribution in [3.05, 3.63) is 17.0 Å². The van der Waals surface area contributed by atoms with Crippen molar-refractivity contribution in [1.82, 2.24) is 9.97 Å². The summed E-state index contributed by atoms with van der Waals surface area (Å²) in [6.45, 7) is 7.41. The molecule has 0 spiro atoms. The number of hydrogen-bond donors (Lipinski definition) is 1. The maximum atomic E-state index is 11.1. The Kier molecular flexibility index (Phi) is 4.02. The second-order valence-corrected chi connectivity index (χ2v) is 5.22. The van der Waals surface area contributed by atoms with Gasteiger partial charge in [0.1, 0.15) is 0 Å². The molecule has 0 aromatic carbocycles. The van der Waals surface area contributed by atoms with E-state index in [0.29, 0.717) is 0 Å². The van der Waals surface area contributed by atoms with E-state index in [2.05, 4.69) is 14.9 Å². The van der Waals surface area contributed by atoms with Crippen LogP contribution in [0, 0.1) is 13.8 Å². The summed E-state index contributed by atoms with van der Waals surface area (Å²) in [5, 5.41) is 9.14. The maximum absolute atomic E-state index is 11.1. The molecule has 104 valence electrons. The number of piperidine rings is 1. The van der Waals surface area contributed by atoms with E-state index in [-0.39, 0.29) is 0 Å². The summed E-state index contributed by atoms with van der Waals surface area (Å²) < 4.78 is 0. The van der Waals surface area contributed by atoms with Gasteiger partial charge in [-0.2, -0.15) is 0 Å².